The zero-order valence-corrected chi connectivity index (χ0v) is 12.6. The third kappa shape index (κ3) is 5.17. The van der Waals surface area contributed by atoms with Gasteiger partial charge in [0.1, 0.15) is 5.82 Å². The van der Waals surface area contributed by atoms with Gasteiger partial charge in [-0.3, -0.25) is 4.79 Å². The van der Waals surface area contributed by atoms with E-state index < -0.39 is 5.82 Å². The van der Waals surface area contributed by atoms with E-state index in [4.69, 9.17) is 0 Å². The first kappa shape index (κ1) is 14.6. The molecule has 0 radical (unpaired) electrons. The summed E-state index contributed by atoms with van der Waals surface area (Å²) < 4.78 is 13.6. The Morgan fingerprint density at radius 1 is 1.53 bits per heavy atom. The molecule has 17 heavy (non-hydrogen) atoms. The second-order valence-corrected chi connectivity index (χ2v) is 6.23. The Morgan fingerprint density at radius 2 is 2.24 bits per heavy atom. The highest BCUT2D eigenvalue weighted by Gasteiger charge is 2.08. The van der Waals surface area contributed by atoms with Gasteiger partial charge >= 0.3 is 0 Å². The molecular formula is C12H14Br2FNO. The maximum absolute atomic E-state index is 13.2. The molecule has 0 aliphatic rings. The Bertz CT molecular complexity index is 396. The van der Waals surface area contributed by atoms with Crippen LogP contribution < -0.4 is 5.32 Å². The molecule has 0 fully saturated rings. The fourth-order valence-electron chi connectivity index (χ4n) is 1.32. The number of halogens is 3. The summed E-state index contributed by atoms with van der Waals surface area (Å²) in [5.74, 6) is -0.662. The highest BCUT2D eigenvalue weighted by Crippen LogP contribution is 2.16. The molecule has 94 valence electrons. The number of hydrogen-bond acceptors (Lipinski definition) is 1. The lowest BCUT2D eigenvalue weighted by Gasteiger charge is -2.06. The van der Waals surface area contributed by atoms with Crippen LogP contribution in [0.15, 0.2) is 22.7 Å². The first-order valence-corrected chi connectivity index (χ1v) is 7.09. The van der Waals surface area contributed by atoms with Crippen LogP contribution in [0.4, 0.5) is 4.39 Å². The van der Waals surface area contributed by atoms with E-state index in [1.165, 1.54) is 12.1 Å². The average molecular weight is 367 g/mol. The van der Waals surface area contributed by atoms with Gasteiger partial charge in [-0.25, -0.2) is 4.39 Å². The minimum atomic E-state index is -0.424. The van der Waals surface area contributed by atoms with Crippen LogP contribution in [-0.4, -0.2) is 17.3 Å². The van der Waals surface area contributed by atoms with Crippen molar-refractivity contribution in [3.8, 4) is 0 Å². The van der Waals surface area contributed by atoms with E-state index in [2.05, 4.69) is 44.1 Å². The molecule has 1 amide bonds. The van der Waals surface area contributed by atoms with Crippen LogP contribution in [0.25, 0.3) is 0 Å². The second-order valence-electron chi connectivity index (χ2n) is 3.81. The summed E-state index contributed by atoms with van der Waals surface area (Å²) in [6.07, 6.45) is 1.89. The fraction of sp³-hybridized carbons (Fsp3) is 0.417. The summed E-state index contributed by atoms with van der Waals surface area (Å²) in [4.78, 5) is 12.1. The van der Waals surface area contributed by atoms with Crippen molar-refractivity contribution in [2.75, 3.05) is 6.54 Å². The quantitative estimate of drug-likeness (QED) is 0.621. The van der Waals surface area contributed by atoms with E-state index in [-0.39, 0.29) is 5.91 Å². The molecule has 1 atom stereocenters. The molecule has 2 nitrogen and oxygen atoms in total. The van der Waals surface area contributed by atoms with Gasteiger partial charge in [0.15, 0.2) is 0 Å². The SMILES string of the molecule is CC(Br)CCCNC(=O)c1ccc(Br)c(F)c1. The number of alkyl halides is 1. The molecule has 0 aliphatic carbocycles. The topological polar surface area (TPSA) is 29.1 Å². The molecule has 1 aromatic rings. The zero-order valence-electron chi connectivity index (χ0n) is 9.47. The van der Waals surface area contributed by atoms with E-state index >= 15 is 0 Å². The van der Waals surface area contributed by atoms with Gasteiger partial charge in [0.2, 0.25) is 0 Å². The number of carbonyl (C=O) groups is 1. The Kier molecular flexibility index (Phi) is 6.12. The summed E-state index contributed by atoms with van der Waals surface area (Å²) in [5, 5.41) is 2.76. The lowest BCUT2D eigenvalue weighted by Crippen LogP contribution is -2.24. The predicted octanol–water partition coefficient (Wildman–Crippen LogP) is 3.88. The number of amides is 1. The van der Waals surface area contributed by atoms with Crippen molar-refractivity contribution in [3.05, 3.63) is 34.1 Å². The number of hydrogen-bond donors (Lipinski definition) is 1. The van der Waals surface area contributed by atoms with Gasteiger partial charge in [0.25, 0.3) is 5.91 Å². The Labute approximate surface area is 117 Å². The molecule has 0 spiro atoms. The summed E-state index contributed by atoms with van der Waals surface area (Å²) in [6, 6.07) is 4.35. The lowest BCUT2D eigenvalue weighted by atomic mass is 10.2. The molecule has 0 saturated heterocycles. The molecule has 1 N–H and O–H groups in total. The molecule has 0 aliphatic heterocycles. The highest BCUT2D eigenvalue weighted by atomic mass is 79.9. The van der Waals surface area contributed by atoms with E-state index in [1.807, 2.05) is 0 Å². The first-order chi connectivity index (χ1) is 8.00. The molecular weight excluding hydrogens is 353 g/mol. The lowest BCUT2D eigenvalue weighted by molar-refractivity contribution is 0.0952. The van der Waals surface area contributed by atoms with Gasteiger partial charge in [-0.1, -0.05) is 22.9 Å². The second kappa shape index (κ2) is 7.11. The summed E-state index contributed by atoms with van der Waals surface area (Å²) >= 11 is 6.48. The largest absolute Gasteiger partial charge is 0.352 e. The smallest absolute Gasteiger partial charge is 0.251 e. The molecule has 0 bridgehead atoms. The average Bonchev–Trinajstić information content (AvgIpc) is 2.27. The van der Waals surface area contributed by atoms with E-state index in [9.17, 15) is 9.18 Å². The number of rotatable bonds is 5. The molecule has 5 heteroatoms. The van der Waals surface area contributed by atoms with Crippen molar-refractivity contribution in [3.63, 3.8) is 0 Å². The molecule has 0 aromatic heterocycles. The number of benzene rings is 1. The number of nitrogens with one attached hydrogen (secondary N) is 1. The van der Waals surface area contributed by atoms with Gasteiger partial charge in [0, 0.05) is 16.9 Å². The minimum Gasteiger partial charge on any atom is -0.352 e. The third-order valence-corrected chi connectivity index (χ3v) is 3.35. The van der Waals surface area contributed by atoms with Crippen LogP contribution in [0.1, 0.15) is 30.1 Å². The normalized spacial score (nSPS) is 12.2. The van der Waals surface area contributed by atoms with Crippen LogP contribution >= 0.6 is 31.9 Å². The zero-order chi connectivity index (χ0) is 12.8. The Balaban J connectivity index is 2.44. The van der Waals surface area contributed by atoms with Gasteiger partial charge in [-0.15, -0.1) is 0 Å². The minimum absolute atomic E-state index is 0.237. The fourth-order valence-corrected chi connectivity index (χ4v) is 1.90. The van der Waals surface area contributed by atoms with Crippen LogP contribution in [0.5, 0.6) is 0 Å². The molecule has 1 rings (SSSR count). The Hall–Kier alpha value is -0.420. The van der Waals surface area contributed by atoms with Crippen molar-refractivity contribution >= 4 is 37.8 Å². The molecule has 1 unspecified atom stereocenters. The summed E-state index contributed by atoms with van der Waals surface area (Å²) in [5.41, 5.74) is 0.345. The number of carbonyl (C=O) groups excluding carboxylic acids is 1. The van der Waals surface area contributed by atoms with Crippen LogP contribution in [0.2, 0.25) is 0 Å². The van der Waals surface area contributed by atoms with Gasteiger partial charge in [-0.05, 0) is 47.0 Å². The molecule has 0 saturated carbocycles. The van der Waals surface area contributed by atoms with E-state index in [0.717, 1.165) is 12.8 Å². The van der Waals surface area contributed by atoms with E-state index in [0.29, 0.717) is 21.4 Å². The van der Waals surface area contributed by atoms with Crippen molar-refractivity contribution in [2.45, 2.75) is 24.6 Å². The van der Waals surface area contributed by atoms with Gasteiger partial charge in [0.05, 0.1) is 4.47 Å². The van der Waals surface area contributed by atoms with Crippen molar-refractivity contribution in [1.82, 2.24) is 5.32 Å². The monoisotopic (exact) mass is 365 g/mol. The maximum Gasteiger partial charge on any atom is 0.251 e. The highest BCUT2D eigenvalue weighted by molar-refractivity contribution is 9.10. The van der Waals surface area contributed by atoms with Crippen molar-refractivity contribution < 1.29 is 9.18 Å². The first-order valence-electron chi connectivity index (χ1n) is 5.38. The Morgan fingerprint density at radius 3 is 2.82 bits per heavy atom. The molecule has 0 heterocycles. The molecule has 1 aromatic carbocycles. The van der Waals surface area contributed by atoms with Gasteiger partial charge in [-0.2, -0.15) is 0 Å². The van der Waals surface area contributed by atoms with Crippen molar-refractivity contribution in [2.24, 2.45) is 0 Å². The van der Waals surface area contributed by atoms with Crippen LogP contribution in [0.3, 0.4) is 0 Å². The predicted molar refractivity (Wildman–Crippen MR) is 74.1 cm³/mol. The summed E-state index contributed by atoms with van der Waals surface area (Å²) in [6.45, 7) is 2.67. The van der Waals surface area contributed by atoms with E-state index in [1.54, 1.807) is 6.07 Å². The van der Waals surface area contributed by atoms with Gasteiger partial charge < -0.3 is 5.32 Å². The standard InChI is InChI=1S/C12H14Br2FNO/c1-8(13)3-2-6-16-12(17)9-4-5-10(14)11(15)7-9/h4-5,7-8H,2-3,6H2,1H3,(H,16,17). The maximum atomic E-state index is 13.2. The van der Waals surface area contributed by atoms with Crippen molar-refractivity contribution in [1.29, 1.82) is 0 Å². The van der Waals surface area contributed by atoms with Crippen LogP contribution in [0, 0.1) is 5.82 Å². The third-order valence-electron chi connectivity index (χ3n) is 2.25. The van der Waals surface area contributed by atoms with Crippen LogP contribution in [-0.2, 0) is 0 Å². The summed E-state index contributed by atoms with van der Waals surface area (Å²) in [7, 11) is 0.